The molecule has 2 heterocycles. The molecule has 0 saturated carbocycles. The molecule has 168 valence electrons. The molecule has 1 N–H and O–H groups in total. The first-order valence-electron chi connectivity index (χ1n) is 10.0. The number of rotatable bonds is 6. The highest BCUT2D eigenvalue weighted by Crippen LogP contribution is 2.38. The van der Waals surface area contributed by atoms with Crippen LogP contribution in [-0.4, -0.2) is 36.7 Å². The third kappa shape index (κ3) is 5.35. The third-order valence-corrected chi connectivity index (χ3v) is 7.23. The fourth-order valence-corrected chi connectivity index (χ4v) is 5.44. The molecule has 0 spiro atoms. The average Bonchev–Trinajstić information content (AvgIpc) is 3.16. The Morgan fingerprint density at radius 2 is 1.84 bits per heavy atom. The highest BCUT2D eigenvalue weighted by atomic mass is 35.5. The van der Waals surface area contributed by atoms with Gasteiger partial charge in [0.1, 0.15) is 5.00 Å². The molecule has 0 atom stereocenters. The molecule has 0 radical (unpaired) electrons. The zero-order valence-electron chi connectivity index (χ0n) is 17.9. The molecule has 0 saturated heterocycles. The normalized spacial score (nSPS) is 13.1. The van der Waals surface area contributed by atoms with Crippen molar-refractivity contribution in [1.29, 1.82) is 0 Å². The molecule has 4 rings (SSSR count). The van der Waals surface area contributed by atoms with Crippen LogP contribution in [0.5, 0.6) is 0 Å². The molecule has 8 heteroatoms. The lowest BCUT2D eigenvalue weighted by Gasteiger charge is -2.27. The second-order valence-corrected chi connectivity index (χ2v) is 9.31. The predicted molar refractivity (Wildman–Crippen MR) is 133 cm³/mol. The van der Waals surface area contributed by atoms with Gasteiger partial charge >= 0.3 is 5.97 Å². The van der Waals surface area contributed by atoms with Crippen LogP contribution >= 0.6 is 35.5 Å². The second-order valence-electron chi connectivity index (χ2n) is 7.33. The van der Waals surface area contributed by atoms with Gasteiger partial charge in [0.2, 0.25) is 0 Å². The smallest absolute Gasteiger partial charge is 0.341 e. The van der Waals surface area contributed by atoms with Gasteiger partial charge in [0.15, 0.2) is 0 Å². The van der Waals surface area contributed by atoms with Crippen LogP contribution in [0.2, 0.25) is 0 Å². The van der Waals surface area contributed by atoms with Crippen molar-refractivity contribution < 1.29 is 14.3 Å². The van der Waals surface area contributed by atoms with Crippen molar-refractivity contribution in [3.05, 3.63) is 81.7 Å². The quantitative estimate of drug-likeness (QED) is 0.367. The van der Waals surface area contributed by atoms with Gasteiger partial charge in [0, 0.05) is 35.0 Å². The van der Waals surface area contributed by atoms with E-state index in [9.17, 15) is 9.59 Å². The molecule has 0 bridgehead atoms. The summed E-state index contributed by atoms with van der Waals surface area (Å²) in [7, 11) is 1.38. The van der Waals surface area contributed by atoms with E-state index in [1.54, 1.807) is 23.9 Å². The van der Waals surface area contributed by atoms with Gasteiger partial charge in [-0.25, -0.2) is 4.79 Å². The lowest BCUT2D eigenvalue weighted by Crippen LogP contribution is -2.29. The first kappa shape index (κ1) is 24.3. The Morgan fingerprint density at radius 1 is 1.12 bits per heavy atom. The number of hydrogen-bond acceptors (Lipinski definition) is 6. The number of thioether (sulfide) groups is 1. The van der Waals surface area contributed by atoms with E-state index >= 15 is 0 Å². The number of ether oxygens (including phenoxy) is 1. The minimum Gasteiger partial charge on any atom is -0.465 e. The summed E-state index contributed by atoms with van der Waals surface area (Å²) >= 11 is 3.10. The van der Waals surface area contributed by atoms with Gasteiger partial charge in [0.25, 0.3) is 5.91 Å². The lowest BCUT2D eigenvalue weighted by atomic mass is 10.0. The summed E-state index contributed by atoms with van der Waals surface area (Å²) in [5.41, 5.74) is 3.31. The highest BCUT2D eigenvalue weighted by molar-refractivity contribution is 7.98. The van der Waals surface area contributed by atoms with Gasteiger partial charge in [-0.05, 0) is 48.1 Å². The Balaban J connectivity index is 0.00000289. The van der Waals surface area contributed by atoms with Crippen LogP contribution in [0.25, 0.3) is 0 Å². The van der Waals surface area contributed by atoms with Crippen molar-refractivity contribution in [3.63, 3.8) is 0 Å². The van der Waals surface area contributed by atoms with E-state index in [-0.39, 0.29) is 18.3 Å². The van der Waals surface area contributed by atoms with Crippen molar-refractivity contribution in [2.45, 2.75) is 24.4 Å². The Bertz CT molecular complexity index is 1080. The number of carbonyl (C=O) groups excluding carboxylic acids is 2. The number of fused-ring (bicyclic) bond motifs is 1. The van der Waals surface area contributed by atoms with Gasteiger partial charge in [-0.3, -0.25) is 9.69 Å². The number of esters is 1. The SMILES string of the molecule is COC(=O)c1c(NC(=O)c2ccc(SC)cc2)sc2c1CCN(Cc1ccccc1)C2.Cl. The van der Waals surface area contributed by atoms with Crippen molar-refractivity contribution in [3.8, 4) is 0 Å². The summed E-state index contributed by atoms with van der Waals surface area (Å²) in [4.78, 5) is 29.9. The molecular weight excluding hydrogens is 464 g/mol. The van der Waals surface area contributed by atoms with Crippen LogP contribution in [0.3, 0.4) is 0 Å². The standard InChI is InChI=1S/C24H24N2O3S2.ClH/c1-29-24(28)21-19-12-13-26(14-16-6-4-3-5-7-16)15-20(19)31-23(21)25-22(27)17-8-10-18(30-2)11-9-17;/h3-11H,12-15H2,1-2H3,(H,25,27);1H. The first-order valence-corrected chi connectivity index (χ1v) is 12.1. The highest BCUT2D eigenvalue weighted by Gasteiger charge is 2.29. The van der Waals surface area contributed by atoms with Crippen LogP contribution in [0.1, 0.15) is 36.7 Å². The number of carbonyl (C=O) groups is 2. The molecular formula is C24H25ClN2O3S2. The van der Waals surface area contributed by atoms with Crippen molar-refractivity contribution >= 4 is 52.4 Å². The summed E-state index contributed by atoms with van der Waals surface area (Å²) in [6.45, 7) is 2.46. The fourth-order valence-electron chi connectivity index (χ4n) is 3.76. The van der Waals surface area contributed by atoms with Crippen LogP contribution in [0.4, 0.5) is 5.00 Å². The number of anilines is 1. The first-order chi connectivity index (χ1) is 15.1. The Kier molecular flexibility index (Phi) is 8.37. The number of methoxy groups -OCH3 is 1. The molecule has 1 aliphatic heterocycles. The Hall–Kier alpha value is -2.32. The molecule has 2 aromatic carbocycles. The minimum absolute atomic E-state index is 0. The number of benzene rings is 2. The largest absolute Gasteiger partial charge is 0.465 e. The van der Waals surface area contributed by atoms with E-state index in [0.717, 1.165) is 41.4 Å². The topological polar surface area (TPSA) is 58.6 Å². The van der Waals surface area contributed by atoms with Crippen LogP contribution in [-0.2, 0) is 24.2 Å². The molecule has 32 heavy (non-hydrogen) atoms. The maximum absolute atomic E-state index is 12.8. The van der Waals surface area contributed by atoms with E-state index in [2.05, 4.69) is 22.3 Å². The third-order valence-electron chi connectivity index (χ3n) is 5.35. The molecule has 3 aromatic rings. The van der Waals surface area contributed by atoms with Gasteiger partial charge in [-0.15, -0.1) is 35.5 Å². The lowest BCUT2D eigenvalue weighted by molar-refractivity contribution is 0.0600. The number of hydrogen-bond donors (Lipinski definition) is 1. The summed E-state index contributed by atoms with van der Waals surface area (Å²) < 4.78 is 5.04. The average molecular weight is 489 g/mol. The molecule has 5 nitrogen and oxygen atoms in total. The molecule has 1 aromatic heterocycles. The monoisotopic (exact) mass is 488 g/mol. The van der Waals surface area contributed by atoms with E-state index < -0.39 is 5.97 Å². The second kappa shape index (κ2) is 11.0. The van der Waals surface area contributed by atoms with Crippen LogP contribution in [0.15, 0.2) is 59.5 Å². The Morgan fingerprint density at radius 3 is 2.50 bits per heavy atom. The Labute approximate surface area is 202 Å². The minimum atomic E-state index is -0.401. The van der Waals surface area contributed by atoms with E-state index in [4.69, 9.17) is 4.74 Å². The van der Waals surface area contributed by atoms with Gasteiger partial charge in [-0.2, -0.15) is 0 Å². The van der Waals surface area contributed by atoms with Crippen LogP contribution < -0.4 is 5.32 Å². The van der Waals surface area contributed by atoms with Crippen molar-refractivity contribution in [1.82, 2.24) is 4.90 Å². The fraction of sp³-hybridized carbons (Fsp3) is 0.250. The number of amides is 1. The maximum atomic E-state index is 12.8. The summed E-state index contributed by atoms with van der Waals surface area (Å²) in [5.74, 6) is -0.625. The number of halogens is 1. The molecule has 0 fully saturated rings. The number of thiophene rings is 1. The molecule has 1 aliphatic rings. The van der Waals surface area contributed by atoms with Gasteiger partial charge in [0.05, 0.1) is 12.7 Å². The van der Waals surface area contributed by atoms with E-state index in [0.29, 0.717) is 16.1 Å². The number of nitrogens with zero attached hydrogens (tertiary/aromatic N) is 1. The van der Waals surface area contributed by atoms with Crippen molar-refractivity contribution in [2.24, 2.45) is 0 Å². The predicted octanol–water partition coefficient (Wildman–Crippen LogP) is 5.49. The summed E-state index contributed by atoms with van der Waals surface area (Å²) in [6.07, 6.45) is 2.75. The van der Waals surface area contributed by atoms with E-state index in [1.807, 2.05) is 36.6 Å². The molecule has 1 amide bonds. The van der Waals surface area contributed by atoms with Crippen molar-refractivity contribution in [2.75, 3.05) is 25.2 Å². The van der Waals surface area contributed by atoms with E-state index in [1.165, 1.54) is 24.0 Å². The van der Waals surface area contributed by atoms with Gasteiger partial charge in [-0.1, -0.05) is 30.3 Å². The zero-order valence-corrected chi connectivity index (χ0v) is 20.4. The zero-order chi connectivity index (χ0) is 21.8. The van der Waals surface area contributed by atoms with Gasteiger partial charge < -0.3 is 10.1 Å². The summed E-state index contributed by atoms with van der Waals surface area (Å²) in [6, 6.07) is 17.8. The molecule has 0 unspecified atom stereocenters. The van der Waals surface area contributed by atoms with Crippen LogP contribution in [0, 0.1) is 0 Å². The number of nitrogens with one attached hydrogen (secondary N) is 1. The summed E-state index contributed by atoms with van der Waals surface area (Å²) in [5, 5.41) is 3.52. The molecule has 0 aliphatic carbocycles. The maximum Gasteiger partial charge on any atom is 0.341 e.